The molecule has 1 N–H and O–H groups in total. The summed E-state index contributed by atoms with van der Waals surface area (Å²) in [4.78, 5) is 25.0. The fraction of sp³-hybridized carbons (Fsp3) is 0.636. The van der Waals surface area contributed by atoms with Crippen molar-refractivity contribution in [3.63, 3.8) is 0 Å². The molecule has 6 nitrogen and oxygen atoms in total. The van der Waals surface area contributed by atoms with Crippen molar-refractivity contribution in [3.8, 4) is 11.5 Å². The maximum absolute atomic E-state index is 12.5. The van der Waals surface area contributed by atoms with E-state index >= 15 is 0 Å². The van der Waals surface area contributed by atoms with Crippen molar-refractivity contribution in [2.24, 2.45) is 17.8 Å². The predicted molar refractivity (Wildman–Crippen MR) is 106 cm³/mol. The second-order valence-corrected chi connectivity index (χ2v) is 9.57. The topological polar surface area (TPSA) is 73.9 Å². The van der Waals surface area contributed by atoms with Gasteiger partial charge in [-0.05, 0) is 68.4 Å². The third-order valence-electron chi connectivity index (χ3n) is 6.82. The Morgan fingerprint density at radius 1 is 1.07 bits per heavy atom. The summed E-state index contributed by atoms with van der Waals surface area (Å²) in [5.41, 5.74) is 0.165. The van der Waals surface area contributed by atoms with Crippen molar-refractivity contribution >= 4 is 23.5 Å². The smallest absolute Gasteiger partial charge is 0.338 e. The second-order valence-electron chi connectivity index (χ2n) is 9.16. The molecule has 6 rings (SSSR count). The summed E-state index contributed by atoms with van der Waals surface area (Å²) in [5.74, 6) is 2.29. The van der Waals surface area contributed by atoms with Gasteiger partial charge in [0.25, 0.3) is 5.91 Å². The third kappa shape index (κ3) is 3.79. The first-order valence-electron chi connectivity index (χ1n) is 10.6. The van der Waals surface area contributed by atoms with E-state index in [0.29, 0.717) is 29.7 Å². The Bertz CT molecular complexity index is 803. The highest BCUT2D eigenvalue weighted by Gasteiger charge is 2.51. The summed E-state index contributed by atoms with van der Waals surface area (Å²) in [7, 11) is 0. The lowest BCUT2D eigenvalue weighted by Gasteiger charge is -2.56. The highest BCUT2D eigenvalue weighted by atomic mass is 35.5. The highest BCUT2D eigenvalue weighted by Crippen LogP contribution is 2.55. The molecule has 4 fully saturated rings. The first kappa shape index (κ1) is 19.0. The molecule has 0 aromatic heterocycles. The van der Waals surface area contributed by atoms with Gasteiger partial charge in [-0.2, -0.15) is 0 Å². The minimum Gasteiger partial charge on any atom is -0.489 e. The molecule has 0 unspecified atom stereocenters. The van der Waals surface area contributed by atoms with Crippen LogP contribution in [0.2, 0.25) is 5.02 Å². The second kappa shape index (κ2) is 7.38. The van der Waals surface area contributed by atoms with E-state index in [0.717, 1.165) is 43.4 Å². The average Bonchev–Trinajstić information content (AvgIpc) is 2.90. The lowest BCUT2D eigenvalue weighted by Crippen LogP contribution is -2.60. The Labute approximate surface area is 175 Å². The number of benzene rings is 1. The summed E-state index contributed by atoms with van der Waals surface area (Å²) < 4.78 is 16.5. The molecule has 156 valence electrons. The monoisotopic (exact) mass is 419 g/mol. The first-order chi connectivity index (χ1) is 14.0. The molecule has 4 bridgehead atoms. The van der Waals surface area contributed by atoms with Gasteiger partial charge in [-0.25, -0.2) is 4.79 Å². The Hall–Kier alpha value is -1.95. The van der Waals surface area contributed by atoms with Crippen molar-refractivity contribution < 1.29 is 23.8 Å². The number of ether oxygens (including phenoxy) is 3. The van der Waals surface area contributed by atoms with Gasteiger partial charge in [0.15, 0.2) is 18.1 Å². The van der Waals surface area contributed by atoms with Crippen LogP contribution in [0.4, 0.5) is 0 Å². The van der Waals surface area contributed by atoms with Crippen LogP contribution in [0.1, 0.15) is 55.3 Å². The van der Waals surface area contributed by atoms with Crippen LogP contribution in [0.25, 0.3) is 0 Å². The fourth-order valence-corrected chi connectivity index (χ4v) is 6.42. The van der Waals surface area contributed by atoms with Gasteiger partial charge in [0, 0.05) is 12.0 Å². The lowest BCUT2D eigenvalue weighted by molar-refractivity contribution is -0.130. The number of rotatable bonds is 4. The zero-order chi connectivity index (χ0) is 20.0. The molecule has 4 aliphatic carbocycles. The quantitative estimate of drug-likeness (QED) is 0.752. The van der Waals surface area contributed by atoms with E-state index in [1.54, 1.807) is 6.07 Å². The molecule has 1 aromatic rings. The van der Waals surface area contributed by atoms with Crippen LogP contribution in [-0.2, 0) is 9.53 Å². The summed E-state index contributed by atoms with van der Waals surface area (Å²) >= 11 is 6.24. The van der Waals surface area contributed by atoms with Gasteiger partial charge in [-0.1, -0.05) is 11.6 Å². The minimum absolute atomic E-state index is 0.0865. The number of nitrogens with one attached hydrogen (secondary N) is 1. The van der Waals surface area contributed by atoms with E-state index in [2.05, 4.69) is 5.32 Å². The van der Waals surface area contributed by atoms with E-state index in [9.17, 15) is 9.59 Å². The summed E-state index contributed by atoms with van der Waals surface area (Å²) in [6.45, 7) is 0.725. The average molecular weight is 420 g/mol. The van der Waals surface area contributed by atoms with Crippen LogP contribution < -0.4 is 14.8 Å². The standard InChI is InChI=1S/C22H26ClNO5/c23-17-7-16(8-18-20(17)28-3-1-2-27-18)21(26)29-12-19(25)24-22-9-13-4-14(10-22)6-15(5-13)11-22/h7-8,13-15H,1-6,9-12H2,(H,24,25). The van der Waals surface area contributed by atoms with E-state index < -0.39 is 5.97 Å². The van der Waals surface area contributed by atoms with E-state index in [4.69, 9.17) is 25.8 Å². The molecule has 1 heterocycles. The molecule has 0 spiro atoms. The minimum atomic E-state index is -0.594. The van der Waals surface area contributed by atoms with Crippen molar-refractivity contribution in [3.05, 3.63) is 22.7 Å². The molecular formula is C22H26ClNO5. The third-order valence-corrected chi connectivity index (χ3v) is 7.10. The van der Waals surface area contributed by atoms with Crippen LogP contribution in [-0.4, -0.2) is 37.2 Å². The van der Waals surface area contributed by atoms with Crippen molar-refractivity contribution in [2.75, 3.05) is 19.8 Å². The Morgan fingerprint density at radius 3 is 2.41 bits per heavy atom. The maximum Gasteiger partial charge on any atom is 0.338 e. The van der Waals surface area contributed by atoms with Crippen LogP contribution in [0.15, 0.2) is 12.1 Å². The molecule has 1 aromatic carbocycles. The van der Waals surface area contributed by atoms with Gasteiger partial charge < -0.3 is 19.5 Å². The van der Waals surface area contributed by atoms with Gasteiger partial charge in [0.2, 0.25) is 0 Å². The molecule has 5 aliphatic rings. The first-order valence-corrected chi connectivity index (χ1v) is 10.9. The summed E-state index contributed by atoms with van der Waals surface area (Å²) in [6.07, 6.45) is 7.89. The molecular weight excluding hydrogens is 394 g/mol. The summed E-state index contributed by atoms with van der Waals surface area (Å²) in [5, 5.41) is 3.51. The molecule has 0 atom stereocenters. The number of amides is 1. The molecule has 7 heteroatoms. The van der Waals surface area contributed by atoms with Crippen molar-refractivity contribution in [1.29, 1.82) is 0 Å². The number of esters is 1. The number of hydrogen-bond donors (Lipinski definition) is 1. The molecule has 0 saturated heterocycles. The van der Waals surface area contributed by atoms with Crippen molar-refractivity contribution in [2.45, 2.75) is 50.5 Å². The van der Waals surface area contributed by atoms with Crippen LogP contribution in [0.5, 0.6) is 11.5 Å². The molecule has 0 radical (unpaired) electrons. The number of hydrogen-bond acceptors (Lipinski definition) is 5. The normalized spacial score (nSPS) is 31.8. The predicted octanol–water partition coefficient (Wildman–Crippen LogP) is 3.74. The number of fused-ring (bicyclic) bond motifs is 1. The zero-order valence-electron chi connectivity index (χ0n) is 16.4. The van der Waals surface area contributed by atoms with Crippen LogP contribution in [0.3, 0.4) is 0 Å². The highest BCUT2D eigenvalue weighted by molar-refractivity contribution is 6.32. The van der Waals surface area contributed by atoms with E-state index in [1.165, 1.54) is 25.3 Å². The number of carbonyl (C=O) groups is 2. The summed E-state index contributed by atoms with van der Waals surface area (Å²) in [6, 6.07) is 3.06. The lowest BCUT2D eigenvalue weighted by atomic mass is 9.53. The largest absolute Gasteiger partial charge is 0.489 e. The SMILES string of the molecule is O=C(COC(=O)c1cc(Cl)c2c(c1)OCCCO2)NC12CC3CC(CC(C3)C1)C2. The van der Waals surface area contributed by atoms with Crippen LogP contribution >= 0.6 is 11.6 Å². The van der Waals surface area contributed by atoms with E-state index in [1.807, 2.05) is 0 Å². The van der Waals surface area contributed by atoms with E-state index in [-0.39, 0.29) is 23.6 Å². The van der Waals surface area contributed by atoms with Gasteiger partial charge in [-0.15, -0.1) is 0 Å². The van der Waals surface area contributed by atoms with Gasteiger partial charge in [0.05, 0.1) is 23.8 Å². The number of carbonyl (C=O) groups excluding carboxylic acids is 2. The Morgan fingerprint density at radius 2 is 1.72 bits per heavy atom. The fourth-order valence-electron chi connectivity index (χ4n) is 6.16. The Balaban J connectivity index is 1.20. The maximum atomic E-state index is 12.5. The molecule has 4 saturated carbocycles. The Kier molecular flexibility index (Phi) is 4.85. The number of halogens is 1. The van der Waals surface area contributed by atoms with Gasteiger partial charge >= 0.3 is 5.97 Å². The zero-order valence-corrected chi connectivity index (χ0v) is 17.1. The van der Waals surface area contributed by atoms with Gasteiger partial charge in [0.1, 0.15) is 0 Å². The molecule has 1 amide bonds. The van der Waals surface area contributed by atoms with Gasteiger partial charge in [-0.3, -0.25) is 4.79 Å². The molecule has 1 aliphatic heterocycles. The molecule has 29 heavy (non-hydrogen) atoms. The van der Waals surface area contributed by atoms with Crippen LogP contribution in [0, 0.1) is 17.8 Å². The van der Waals surface area contributed by atoms with Crippen molar-refractivity contribution in [1.82, 2.24) is 5.32 Å².